The van der Waals surface area contributed by atoms with Gasteiger partial charge in [0.25, 0.3) is 0 Å². The number of nitrogens with one attached hydrogen (secondary N) is 2. The third-order valence-corrected chi connectivity index (χ3v) is 5.01. The highest BCUT2D eigenvalue weighted by Crippen LogP contribution is 2.18. The van der Waals surface area contributed by atoms with E-state index in [-0.39, 0.29) is 17.5 Å². The minimum absolute atomic E-state index is 0.136. The molecule has 9 heteroatoms. The van der Waals surface area contributed by atoms with Crippen LogP contribution in [0.25, 0.3) is 0 Å². The van der Waals surface area contributed by atoms with Gasteiger partial charge in [-0.25, -0.2) is 13.2 Å². The molecule has 1 aromatic carbocycles. The topological polar surface area (TPSA) is 122 Å². The Balaban J connectivity index is 2.79. The fourth-order valence-electron chi connectivity index (χ4n) is 1.53. The molecule has 3 amide bonds. The van der Waals surface area contributed by atoms with Gasteiger partial charge in [0.2, 0.25) is 15.9 Å². The predicted molar refractivity (Wildman–Crippen MR) is 82.7 cm³/mol. The summed E-state index contributed by atoms with van der Waals surface area (Å²) in [7, 11) is -2.05. The van der Waals surface area contributed by atoms with Gasteiger partial charge in [0, 0.05) is 18.8 Å². The number of urea groups is 1. The number of sulfonamides is 1. The first-order chi connectivity index (χ1) is 10.1. The van der Waals surface area contributed by atoms with Crippen LogP contribution in [0.1, 0.15) is 13.8 Å². The lowest BCUT2D eigenvalue weighted by atomic mass is 10.3. The Labute approximate surface area is 129 Å². The number of rotatable bonds is 6. The quantitative estimate of drug-likeness (QED) is 0.696. The van der Waals surface area contributed by atoms with E-state index in [1.165, 1.54) is 35.6 Å². The van der Waals surface area contributed by atoms with Crippen molar-refractivity contribution < 1.29 is 18.0 Å². The van der Waals surface area contributed by atoms with Gasteiger partial charge in [-0.3, -0.25) is 4.79 Å². The van der Waals surface area contributed by atoms with E-state index < -0.39 is 22.0 Å². The van der Waals surface area contributed by atoms with Gasteiger partial charge in [-0.2, -0.15) is 4.31 Å². The molecule has 0 aliphatic rings. The van der Waals surface area contributed by atoms with Crippen LogP contribution in [-0.4, -0.2) is 44.3 Å². The van der Waals surface area contributed by atoms with Gasteiger partial charge < -0.3 is 16.4 Å². The minimum atomic E-state index is -3.56. The molecular weight excluding hydrogens is 308 g/mol. The van der Waals surface area contributed by atoms with Crippen molar-refractivity contribution >= 4 is 27.6 Å². The summed E-state index contributed by atoms with van der Waals surface area (Å²) >= 11 is 0. The lowest BCUT2D eigenvalue weighted by Crippen LogP contribution is -2.36. The second-order valence-electron chi connectivity index (χ2n) is 4.91. The summed E-state index contributed by atoms with van der Waals surface area (Å²) in [5.74, 6) is -0.464. The van der Waals surface area contributed by atoms with Crippen LogP contribution in [-0.2, 0) is 14.8 Å². The van der Waals surface area contributed by atoms with Crippen LogP contribution in [0.5, 0.6) is 0 Å². The smallest absolute Gasteiger partial charge is 0.312 e. The highest BCUT2D eigenvalue weighted by atomic mass is 32.2. The number of hydrogen-bond acceptors (Lipinski definition) is 4. The molecular formula is C13H20N4O4S. The summed E-state index contributed by atoms with van der Waals surface area (Å²) < 4.78 is 25.8. The second kappa shape index (κ2) is 7.23. The van der Waals surface area contributed by atoms with Crippen molar-refractivity contribution in [1.29, 1.82) is 0 Å². The van der Waals surface area contributed by atoms with Gasteiger partial charge in [0.1, 0.15) is 0 Å². The standard InChI is InChI=1S/C13H20N4O4S/c1-9(2)17(3)22(20,21)11-6-4-10(5-7-11)16-12(18)8-15-13(14)19/h4-7,9H,8H2,1-3H3,(H,16,18)(H3,14,15,19). The van der Waals surface area contributed by atoms with Crippen LogP contribution in [0, 0.1) is 0 Å². The average Bonchev–Trinajstić information content (AvgIpc) is 2.44. The van der Waals surface area contributed by atoms with E-state index in [9.17, 15) is 18.0 Å². The number of amides is 3. The van der Waals surface area contributed by atoms with E-state index in [0.29, 0.717) is 5.69 Å². The molecule has 0 unspecified atom stereocenters. The molecule has 122 valence electrons. The maximum absolute atomic E-state index is 12.3. The zero-order valence-electron chi connectivity index (χ0n) is 12.7. The Morgan fingerprint density at radius 3 is 2.23 bits per heavy atom. The van der Waals surface area contributed by atoms with Gasteiger partial charge in [0.15, 0.2) is 0 Å². The van der Waals surface area contributed by atoms with Crippen molar-refractivity contribution in [2.75, 3.05) is 18.9 Å². The number of carbonyl (C=O) groups is 2. The maximum atomic E-state index is 12.3. The van der Waals surface area contributed by atoms with Crippen LogP contribution >= 0.6 is 0 Å². The molecule has 8 nitrogen and oxygen atoms in total. The van der Waals surface area contributed by atoms with E-state index in [1.54, 1.807) is 13.8 Å². The van der Waals surface area contributed by atoms with Crippen molar-refractivity contribution in [3.63, 3.8) is 0 Å². The lowest BCUT2D eigenvalue weighted by molar-refractivity contribution is -0.115. The van der Waals surface area contributed by atoms with Crippen LogP contribution in [0.15, 0.2) is 29.2 Å². The summed E-state index contributed by atoms with van der Waals surface area (Å²) in [6.45, 7) is 3.29. The first-order valence-corrected chi connectivity index (χ1v) is 8.00. The van der Waals surface area contributed by atoms with E-state index >= 15 is 0 Å². The maximum Gasteiger partial charge on any atom is 0.312 e. The van der Waals surface area contributed by atoms with Crippen LogP contribution in [0.4, 0.5) is 10.5 Å². The molecule has 22 heavy (non-hydrogen) atoms. The number of benzene rings is 1. The largest absolute Gasteiger partial charge is 0.352 e. The van der Waals surface area contributed by atoms with Crippen molar-refractivity contribution in [2.45, 2.75) is 24.8 Å². The Hall–Kier alpha value is -2.13. The molecule has 0 spiro atoms. The van der Waals surface area contributed by atoms with Crippen LogP contribution in [0.2, 0.25) is 0 Å². The first-order valence-electron chi connectivity index (χ1n) is 6.56. The fraction of sp³-hybridized carbons (Fsp3) is 0.385. The minimum Gasteiger partial charge on any atom is -0.352 e. The number of carbonyl (C=O) groups excluding carboxylic acids is 2. The highest BCUT2D eigenvalue weighted by molar-refractivity contribution is 7.89. The van der Waals surface area contributed by atoms with E-state index in [1.807, 2.05) is 0 Å². The molecule has 4 N–H and O–H groups in total. The summed E-state index contributed by atoms with van der Waals surface area (Å²) in [4.78, 5) is 22.1. The molecule has 0 saturated heterocycles. The number of primary amides is 1. The van der Waals surface area contributed by atoms with Gasteiger partial charge in [-0.05, 0) is 38.1 Å². The third kappa shape index (κ3) is 4.71. The Morgan fingerprint density at radius 2 is 1.77 bits per heavy atom. The van der Waals surface area contributed by atoms with Gasteiger partial charge in [0.05, 0.1) is 11.4 Å². The van der Waals surface area contributed by atoms with Crippen molar-refractivity contribution in [3.8, 4) is 0 Å². The molecule has 0 aromatic heterocycles. The molecule has 0 heterocycles. The van der Waals surface area contributed by atoms with Crippen molar-refractivity contribution in [3.05, 3.63) is 24.3 Å². The first kappa shape index (κ1) is 17.9. The Kier molecular flexibility index (Phi) is 5.89. The molecule has 0 fully saturated rings. The molecule has 1 aromatic rings. The van der Waals surface area contributed by atoms with E-state index in [0.717, 1.165) is 0 Å². The molecule has 0 aliphatic carbocycles. The monoisotopic (exact) mass is 328 g/mol. The number of hydrogen-bond donors (Lipinski definition) is 3. The molecule has 0 radical (unpaired) electrons. The Bertz CT molecular complexity index is 641. The van der Waals surface area contributed by atoms with Crippen molar-refractivity contribution in [2.24, 2.45) is 5.73 Å². The molecule has 0 aliphatic heterocycles. The summed E-state index contributed by atoms with van der Waals surface area (Å²) in [6, 6.07) is 4.81. The number of anilines is 1. The number of nitrogens with two attached hydrogens (primary N) is 1. The lowest BCUT2D eigenvalue weighted by Gasteiger charge is -2.21. The molecule has 0 saturated carbocycles. The third-order valence-electron chi connectivity index (χ3n) is 2.97. The van der Waals surface area contributed by atoms with Crippen LogP contribution < -0.4 is 16.4 Å². The van der Waals surface area contributed by atoms with Crippen molar-refractivity contribution in [1.82, 2.24) is 9.62 Å². The summed E-state index contributed by atoms with van der Waals surface area (Å²) in [5.41, 5.74) is 5.27. The summed E-state index contributed by atoms with van der Waals surface area (Å²) in [5, 5.41) is 4.66. The molecule has 0 bridgehead atoms. The van der Waals surface area contributed by atoms with E-state index in [2.05, 4.69) is 10.6 Å². The van der Waals surface area contributed by atoms with Crippen LogP contribution in [0.3, 0.4) is 0 Å². The molecule has 1 rings (SSSR count). The second-order valence-corrected chi connectivity index (χ2v) is 6.90. The average molecular weight is 328 g/mol. The SMILES string of the molecule is CC(C)N(C)S(=O)(=O)c1ccc(NC(=O)CNC(N)=O)cc1. The van der Waals surface area contributed by atoms with E-state index in [4.69, 9.17) is 5.73 Å². The molecule has 0 atom stereocenters. The van der Waals surface area contributed by atoms with Gasteiger partial charge >= 0.3 is 6.03 Å². The fourth-order valence-corrected chi connectivity index (χ4v) is 2.89. The zero-order valence-corrected chi connectivity index (χ0v) is 13.5. The van der Waals surface area contributed by atoms with Gasteiger partial charge in [-0.1, -0.05) is 0 Å². The normalized spacial score (nSPS) is 11.5. The van der Waals surface area contributed by atoms with Gasteiger partial charge in [-0.15, -0.1) is 0 Å². The zero-order chi connectivity index (χ0) is 16.9. The summed E-state index contributed by atoms with van der Waals surface area (Å²) in [6.07, 6.45) is 0. The number of nitrogens with zero attached hydrogens (tertiary/aromatic N) is 1. The highest BCUT2D eigenvalue weighted by Gasteiger charge is 2.22. The predicted octanol–water partition coefficient (Wildman–Crippen LogP) is 0.322. The Morgan fingerprint density at radius 1 is 1.23 bits per heavy atom.